The fourth-order valence-corrected chi connectivity index (χ4v) is 2.77. The molecular formula is C17H17N5O2. The van der Waals surface area contributed by atoms with E-state index in [1.807, 2.05) is 6.92 Å². The minimum absolute atomic E-state index is 0.0324. The van der Waals surface area contributed by atoms with E-state index in [1.54, 1.807) is 30.3 Å². The molecule has 2 heterocycles. The molecule has 0 spiro atoms. The summed E-state index contributed by atoms with van der Waals surface area (Å²) in [5.74, 6) is 0.00257. The molecule has 2 aromatic heterocycles. The number of aromatic hydroxyl groups is 1. The maximum Gasteiger partial charge on any atom is 0.252 e. The van der Waals surface area contributed by atoms with Gasteiger partial charge in [-0.2, -0.15) is 5.10 Å². The van der Waals surface area contributed by atoms with Crippen LogP contribution in [-0.4, -0.2) is 38.3 Å². The summed E-state index contributed by atoms with van der Waals surface area (Å²) in [6, 6.07) is 8.50. The molecule has 1 aliphatic rings. The molecule has 2 atom stereocenters. The smallest absolute Gasteiger partial charge is 0.252 e. The molecule has 1 aliphatic carbocycles. The number of hydrogen-bond donors (Lipinski definition) is 4. The summed E-state index contributed by atoms with van der Waals surface area (Å²) in [7, 11) is 0. The van der Waals surface area contributed by atoms with E-state index >= 15 is 0 Å². The van der Waals surface area contributed by atoms with Crippen molar-refractivity contribution in [3.8, 4) is 17.0 Å². The largest absolute Gasteiger partial charge is 0.508 e. The van der Waals surface area contributed by atoms with Gasteiger partial charge in [0.1, 0.15) is 5.75 Å². The van der Waals surface area contributed by atoms with Gasteiger partial charge in [0.15, 0.2) is 5.65 Å². The first-order valence-corrected chi connectivity index (χ1v) is 7.74. The molecule has 1 amide bonds. The summed E-state index contributed by atoms with van der Waals surface area (Å²) in [5, 5.41) is 20.1. The Morgan fingerprint density at radius 3 is 2.75 bits per heavy atom. The molecule has 1 aromatic carbocycles. The van der Waals surface area contributed by atoms with Crippen LogP contribution in [0, 0.1) is 6.92 Å². The van der Waals surface area contributed by atoms with Gasteiger partial charge in [-0.15, -0.1) is 0 Å². The zero-order valence-electron chi connectivity index (χ0n) is 13.1. The van der Waals surface area contributed by atoms with Crippen molar-refractivity contribution in [2.45, 2.75) is 25.4 Å². The molecule has 7 heteroatoms. The number of pyridine rings is 1. The first kappa shape index (κ1) is 14.6. The van der Waals surface area contributed by atoms with Gasteiger partial charge in [-0.1, -0.05) is 0 Å². The number of aromatic amines is 1. The summed E-state index contributed by atoms with van der Waals surface area (Å²) >= 11 is 0. The quantitative estimate of drug-likeness (QED) is 0.582. The second kappa shape index (κ2) is 5.31. The van der Waals surface area contributed by atoms with Crippen LogP contribution >= 0.6 is 0 Å². The van der Waals surface area contributed by atoms with Crippen molar-refractivity contribution in [1.29, 1.82) is 0 Å². The van der Waals surface area contributed by atoms with E-state index in [0.29, 0.717) is 22.3 Å². The first-order valence-electron chi connectivity index (χ1n) is 7.74. The molecule has 0 saturated heterocycles. The minimum Gasteiger partial charge on any atom is -0.508 e. The van der Waals surface area contributed by atoms with Gasteiger partial charge in [0.05, 0.1) is 22.3 Å². The third-order valence-electron chi connectivity index (χ3n) is 4.27. The fourth-order valence-electron chi connectivity index (χ4n) is 2.77. The topological polar surface area (TPSA) is 117 Å². The molecule has 3 aromatic rings. The highest BCUT2D eigenvalue weighted by Gasteiger charge is 2.35. The summed E-state index contributed by atoms with van der Waals surface area (Å²) in [4.78, 5) is 17.2. The Labute approximate surface area is 137 Å². The Morgan fingerprint density at radius 2 is 2.08 bits per heavy atom. The van der Waals surface area contributed by atoms with Gasteiger partial charge in [0.25, 0.3) is 5.91 Å². The second-order valence-corrected chi connectivity index (χ2v) is 6.11. The predicted molar refractivity (Wildman–Crippen MR) is 89.6 cm³/mol. The number of carbonyl (C=O) groups is 1. The van der Waals surface area contributed by atoms with Crippen LogP contribution in [0.25, 0.3) is 22.3 Å². The monoisotopic (exact) mass is 323 g/mol. The van der Waals surface area contributed by atoms with E-state index in [0.717, 1.165) is 17.7 Å². The Kier molecular flexibility index (Phi) is 3.24. The molecular weight excluding hydrogens is 306 g/mol. The molecule has 1 fully saturated rings. The lowest BCUT2D eigenvalue weighted by molar-refractivity contribution is 0.0952. The van der Waals surface area contributed by atoms with Gasteiger partial charge in [-0.05, 0) is 43.7 Å². The van der Waals surface area contributed by atoms with E-state index in [1.165, 1.54) is 0 Å². The highest BCUT2D eigenvalue weighted by Crippen LogP contribution is 2.27. The van der Waals surface area contributed by atoms with Crippen LogP contribution in [0.5, 0.6) is 5.75 Å². The summed E-state index contributed by atoms with van der Waals surface area (Å²) in [5.41, 5.74) is 9.02. The molecule has 4 rings (SSSR count). The SMILES string of the molecule is Cc1n[nH]c2nc(-c3ccc(O)cc3)cc(C(=O)N[C@H]3C[C@@H]3N)c12. The number of aromatic nitrogens is 3. The highest BCUT2D eigenvalue weighted by molar-refractivity contribution is 6.07. The summed E-state index contributed by atoms with van der Waals surface area (Å²) in [6.07, 6.45) is 0.801. The van der Waals surface area contributed by atoms with Crippen LogP contribution in [0.3, 0.4) is 0 Å². The second-order valence-electron chi connectivity index (χ2n) is 6.11. The maximum absolute atomic E-state index is 12.7. The van der Waals surface area contributed by atoms with Crippen LogP contribution in [0.15, 0.2) is 30.3 Å². The number of hydrogen-bond acceptors (Lipinski definition) is 5. The van der Waals surface area contributed by atoms with E-state index < -0.39 is 0 Å². The number of nitrogens with zero attached hydrogens (tertiary/aromatic N) is 2. The normalized spacial score (nSPS) is 19.4. The fraction of sp³-hybridized carbons (Fsp3) is 0.235. The lowest BCUT2D eigenvalue weighted by Crippen LogP contribution is -2.29. The lowest BCUT2D eigenvalue weighted by Gasteiger charge is -2.08. The van der Waals surface area contributed by atoms with Gasteiger partial charge in [-0.25, -0.2) is 4.98 Å². The van der Waals surface area contributed by atoms with Crippen molar-refractivity contribution >= 4 is 16.9 Å². The summed E-state index contributed by atoms with van der Waals surface area (Å²) in [6.45, 7) is 1.83. The Balaban J connectivity index is 1.82. The average Bonchev–Trinajstić information content (AvgIpc) is 3.13. The number of amides is 1. The van der Waals surface area contributed by atoms with Crippen LogP contribution in [0.2, 0.25) is 0 Å². The molecule has 0 aliphatic heterocycles. The van der Waals surface area contributed by atoms with Crippen molar-refractivity contribution in [2.24, 2.45) is 5.73 Å². The molecule has 1 saturated carbocycles. The van der Waals surface area contributed by atoms with Crippen molar-refractivity contribution < 1.29 is 9.90 Å². The van der Waals surface area contributed by atoms with Crippen molar-refractivity contribution in [2.75, 3.05) is 0 Å². The van der Waals surface area contributed by atoms with Crippen molar-refractivity contribution in [1.82, 2.24) is 20.5 Å². The third kappa shape index (κ3) is 2.48. The van der Waals surface area contributed by atoms with E-state index in [9.17, 15) is 9.90 Å². The van der Waals surface area contributed by atoms with Crippen LogP contribution in [0.1, 0.15) is 22.5 Å². The number of benzene rings is 1. The van der Waals surface area contributed by atoms with Gasteiger partial charge in [-0.3, -0.25) is 9.89 Å². The summed E-state index contributed by atoms with van der Waals surface area (Å²) < 4.78 is 0. The first-order chi connectivity index (χ1) is 11.5. The average molecular weight is 323 g/mol. The molecule has 5 N–H and O–H groups in total. The number of aryl methyl sites for hydroxylation is 1. The number of nitrogens with one attached hydrogen (secondary N) is 2. The minimum atomic E-state index is -0.176. The molecule has 122 valence electrons. The Bertz CT molecular complexity index is 932. The molecule has 7 nitrogen and oxygen atoms in total. The molecule has 0 unspecified atom stereocenters. The zero-order valence-corrected chi connectivity index (χ0v) is 13.1. The van der Waals surface area contributed by atoms with Gasteiger partial charge in [0, 0.05) is 17.6 Å². The number of phenolic OH excluding ortho intramolecular Hbond substituents is 1. The Hall–Kier alpha value is -2.93. The highest BCUT2D eigenvalue weighted by atomic mass is 16.3. The molecule has 24 heavy (non-hydrogen) atoms. The number of nitrogens with two attached hydrogens (primary N) is 1. The maximum atomic E-state index is 12.7. The molecule has 0 radical (unpaired) electrons. The Morgan fingerprint density at radius 1 is 1.38 bits per heavy atom. The van der Waals surface area contributed by atoms with Crippen LogP contribution in [0.4, 0.5) is 0 Å². The standard InChI is InChI=1S/C17H17N5O2/c1-8-15-11(17(24)20-14-7-12(14)18)6-13(19-16(15)22-21-8)9-2-4-10(23)5-3-9/h2-6,12,14,23H,7,18H2,1H3,(H,20,24)(H,19,21,22)/t12-,14-/m0/s1. The number of fused-ring (bicyclic) bond motifs is 1. The van der Waals surface area contributed by atoms with Gasteiger partial charge >= 0.3 is 0 Å². The van der Waals surface area contributed by atoms with Crippen LogP contribution in [-0.2, 0) is 0 Å². The number of carbonyl (C=O) groups excluding carboxylic acids is 1. The van der Waals surface area contributed by atoms with Gasteiger partial charge in [0.2, 0.25) is 0 Å². The van der Waals surface area contributed by atoms with E-state index in [2.05, 4.69) is 20.5 Å². The van der Waals surface area contributed by atoms with Crippen molar-refractivity contribution in [3.63, 3.8) is 0 Å². The van der Waals surface area contributed by atoms with E-state index in [4.69, 9.17) is 5.73 Å². The number of H-pyrrole nitrogens is 1. The predicted octanol–water partition coefficient (Wildman–Crippen LogP) is 1.47. The third-order valence-corrected chi connectivity index (χ3v) is 4.27. The number of rotatable bonds is 3. The van der Waals surface area contributed by atoms with Gasteiger partial charge < -0.3 is 16.2 Å². The molecule has 0 bridgehead atoms. The van der Waals surface area contributed by atoms with Crippen molar-refractivity contribution in [3.05, 3.63) is 41.6 Å². The number of phenols is 1. The lowest BCUT2D eigenvalue weighted by atomic mass is 10.0. The van der Waals surface area contributed by atoms with Crippen LogP contribution < -0.4 is 11.1 Å². The van der Waals surface area contributed by atoms with E-state index in [-0.39, 0.29) is 23.7 Å². The zero-order chi connectivity index (χ0) is 16.8.